The number of hydrogen-bond acceptors (Lipinski definition) is 9. The third-order valence-electron chi connectivity index (χ3n) is 7.02. The molecule has 0 heterocycles. The normalized spacial score (nSPS) is 12.7. The van der Waals surface area contributed by atoms with Crippen LogP contribution < -0.4 is 0 Å². The number of unbranched alkanes of at least 4 members (excludes halogenated alkanes) is 5. The molecule has 0 saturated carbocycles. The number of thiocarbonyl (C=S) groups is 1. The topological polar surface area (TPSA) is 78.9 Å². The largest absolute Gasteiger partial charge is 0.465 e. The summed E-state index contributed by atoms with van der Waals surface area (Å²) >= 11 is 8.50. The zero-order chi connectivity index (χ0) is 29.9. The Bertz CT molecular complexity index is 736. The minimum absolute atomic E-state index is 0.152. The summed E-state index contributed by atoms with van der Waals surface area (Å²) in [6.45, 7) is 17.0. The average Bonchev–Trinajstić information content (AvgIpc) is 2.87. The minimum Gasteiger partial charge on any atom is -0.465 e. The molecule has 0 fully saturated rings. The Labute approximate surface area is 252 Å². The molecule has 1 unspecified atom stereocenters. The van der Waals surface area contributed by atoms with Crippen LogP contribution >= 0.6 is 35.7 Å². The predicted octanol–water partition coefficient (Wildman–Crippen LogP) is 8.39. The maximum absolute atomic E-state index is 12.8. The highest BCUT2D eigenvalue weighted by atomic mass is 32.2. The van der Waals surface area contributed by atoms with Crippen molar-refractivity contribution < 1.29 is 28.6 Å². The van der Waals surface area contributed by atoms with E-state index in [0.717, 1.165) is 60.6 Å². The van der Waals surface area contributed by atoms with Crippen molar-refractivity contribution >= 4 is 57.2 Å². The van der Waals surface area contributed by atoms with Gasteiger partial charge in [0, 0.05) is 0 Å². The monoisotopic (exact) mass is 606 g/mol. The summed E-state index contributed by atoms with van der Waals surface area (Å²) < 4.78 is 17.2. The molecule has 0 aromatic heterocycles. The molecule has 0 aliphatic carbocycles. The number of ether oxygens (including phenoxy) is 3. The van der Waals surface area contributed by atoms with Gasteiger partial charge in [0.15, 0.2) is 0 Å². The zero-order valence-electron chi connectivity index (χ0n) is 25.7. The van der Waals surface area contributed by atoms with Gasteiger partial charge in [-0.15, -0.1) is 11.8 Å². The number of rotatable bonds is 21. The number of hydrogen-bond donors (Lipinski definition) is 0. The molecule has 0 N–H and O–H groups in total. The highest BCUT2D eigenvalue weighted by molar-refractivity contribution is 8.47. The number of thioether (sulfide) groups is 2. The minimum atomic E-state index is -0.711. The van der Waals surface area contributed by atoms with Crippen LogP contribution in [0.25, 0.3) is 0 Å². The van der Waals surface area contributed by atoms with Gasteiger partial charge in [-0.2, -0.15) is 0 Å². The van der Waals surface area contributed by atoms with Crippen molar-refractivity contribution in [3.05, 3.63) is 0 Å². The van der Waals surface area contributed by atoms with Gasteiger partial charge in [-0.1, -0.05) is 64.5 Å². The van der Waals surface area contributed by atoms with Gasteiger partial charge in [-0.3, -0.25) is 14.4 Å². The Kier molecular flexibility index (Phi) is 20.6. The fourth-order valence-corrected chi connectivity index (χ4v) is 5.88. The molecular formula is C30H54O6S3. The van der Waals surface area contributed by atoms with E-state index in [4.69, 9.17) is 26.4 Å². The number of carbonyl (C=O) groups is 3. The molecule has 228 valence electrons. The van der Waals surface area contributed by atoms with Crippen molar-refractivity contribution in [1.29, 1.82) is 0 Å². The summed E-state index contributed by atoms with van der Waals surface area (Å²) in [6.07, 6.45) is 8.35. The van der Waals surface area contributed by atoms with Gasteiger partial charge < -0.3 is 14.2 Å². The van der Waals surface area contributed by atoms with E-state index in [2.05, 4.69) is 13.8 Å². The molecule has 6 nitrogen and oxygen atoms in total. The van der Waals surface area contributed by atoms with E-state index in [9.17, 15) is 14.4 Å². The third-order valence-corrected chi connectivity index (χ3v) is 9.94. The van der Waals surface area contributed by atoms with Crippen LogP contribution in [0.1, 0.15) is 120 Å². The van der Waals surface area contributed by atoms with Crippen LogP contribution in [-0.4, -0.2) is 52.3 Å². The van der Waals surface area contributed by atoms with E-state index in [-0.39, 0.29) is 23.8 Å². The van der Waals surface area contributed by atoms with Gasteiger partial charge in [0.05, 0.1) is 30.7 Å². The second-order valence-electron chi connectivity index (χ2n) is 11.6. The summed E-state index contributed by atoms with van der Waals surface area (Å²) in [7, 11) is 0. The van der Waals surface area contributed by atoms with Gasteiger partial charge >= 0.3 is 17.9 Å². The molecule has 0 aromatic rings. The van der Waals surface area contributed by atoms with Crippen molar-refractivity contribution in [1.82, 2.24) is 0 Å². The quantitative estimate of drug-likeness (QED) is 0.0554. The van der Waals surface area contributed by atoms with E-state index >= 15 is 0 Å². The predicted molar refractivity (Wildman–Crippen MR) is 169 cm³/mol. The van der Waals surface area contributed by atoms with Gasteiger partial charge in [0.2, 0.25) is 0 Å². The Balaban J connectivity index is 4.49. The van der Waals surface area contributed by atoms with Crippen LogP contribution in [0.3, 0.4) is 0 Å². The molecule has 9 heteroatoms. The molecular weight excluding hydrogens is 553 g/mol. The summed E-state index contributed by atoms with van der Waals surface area (Å²) in [5.41, 5.74) is -1.19. The standard InChI is InChI=1S/C30H54O6S3/c1-9-11-19-34-25(31)24(39-28(37)38-22-12-10-2)17-18-29(5,6)26(32)35-20-15-13-14-16-21-36-27(33)30(7,8)23(3)4/h23-24H,9-22H2,1-8H3. The molecule has 0 spiro atoms. The fourth-order valence-electron chi connectivity index (χ4n) is 3.18. The molecule has 39 heavy (non-hydrogen) atoms. The first-order valence-electron chi connectivity index (χ1n) is 14.6. The molecule has 0 bridgehead atoms. The maximum Gasteiger partial charge on any atom is 0.319 e. The third kappa shape index (κ3) is 16.9. The smallest absolute Gasteiger partial charge is 0.319 e. The molecule has 0 saturated heterocycles. The maximum atomic E-state index is 12.8. The number of carbonyl (C=O) groups excluding carboxylic acids is 3. The highest BCUT2D eigenvalue weighted by Gasteiger charge is 2.33. The second-order valence-corrected chi connectivity index (χ2v) is 15.1. The lowest BCUT2D eigenvalue weighted by Crippen LogP contribution is -2.32. The Morgan fingerprint density at radius 2 is 1.31 bits per heavy atom. The van der Waals surface area contributed by atoms with E-state index in [0.29, 0.717) is 32.7 Å². The lowest BCUT2D eigenvalue weighted by atomic mass is 9.81. The van der Waals surface area contributed by atoms with Gasteiger partial charge in [0.25, 0.3) is 0 Å². The summed E-state index contributed by atoms with van der Waals surface area (Å²) in [5, 5.41) is -0.421. The van der Waals surface area contributed by atoms with E-state index < -0.39 is 16.1 Å². The van der Waals surface area contributed by atoms with Gasteiger partial charge in [-0.05, 0) is 90.7 Å². The van der Waals surface area contributed by atoms with Gasteiger partial charge in [-0.25, -0.2) is 0 Å². The first-order valence-corrected chi connectivity index (χ1v) is 16.9. The van der Waals surface area contributed by atoms with Crippen molar-refractivity contribution in [2.75, 3.05) is 25.6 Å². The zero-order valence-corrected chi connectivity index (χ0v) is 28.2. The van der Waals surface area contributed by atoms with Crippen LogP contribution in [0, 0.1) is 16.7 Å². The first kappa shape index (κ1) is 38.2. The molecule has 0 aromatic carbocycles. The van der Waals surface area contributed by atoms with Crippen LogP contribution in [0.15, 0.2) is 0 Å². The first-order chi connectivity index (χ1) is 18.3. The lowest BCUT2D eigenvalue weighted by Gasteiger charge is -2.26. The van der Waals surface area contributed by atoms with E-state index in [1.807, 2.05) is 41.5 Å². The molecule has 0 aliphatic heterocycles. The summed E-state index contributed by atoms with van der Waals surface area (Å²) in [4.78, 5) is 37.7. The van der Waals surface area contributed by atoms with Crippen molar-refractivity contribution in [3.8, 4) is 0 Å². The van der Waals surface area contributed by atoms with Crippen molar-refractivity contribution in [2.45, 2.75) is 125 Å². The molecule has 0 aliphatic rings. The molecule has 1 atom stereocenters. The van der Waals surface area contributed by atoms with Crippen molar-refractivity contribution in [2.24, 2.45) is 16.7 Å². The van der Waals surface area contributed by atoms with Crippen LogP contribution in [0.2, 0.25) is 0 Å². The summed E-state index contributed by atoms with van der Waals surface area (Å²) in [5.74, 6) is 0.504. The Hall–Kier alpha value is -0.800. The molecule has 0 rings (SSSR count). The van der Waals surface area contributed by atoms with Crippen LogP contribution in [-0.2, 0) is 28.6 Å². The van der Waals surface area contributed by atoms with Crippen LogP contribution in [0.5, 0.6) is 0 Å². The highest BCUT2D eigenvalue weighted by Crippen LogP contribution is 2.32. The Morgan fingerprint density at radius 3 is 1.85 bits per heavy atom. The van der Waals surface area contributed by atoms with E-state index in [1.54, 1.807) is 11.8 Å². The molecule has 0 amide bonds. The SMILES string of the molecule is CCCCOC(=O)C(CCC(C)(C)C(=O)OCCCCCCOC(=O)C(C)(C)C(C)C)SC(=S)SCCCC. The lowest BCUT2D eigenvalue weighted by molar-refractivity contribution is -0.157. The summed E-state index contributed by atoms with van der Waals surface area (Å²) in [6, 6.07) is 0. The average molecular weight is 607 g/mol. The van der Waals surface area contributed by atoms with E-state index in [1.165, 1.54) is 11.8 Å². The molecule has 0 radical (unpaired) electrons. The van der Waals surface area contributed by atoms with Gasteiger partial charge in [0.1, 0.15) is 8.78 Å². The Morgan fingerprint density at radius 1 is 0.769 bits per heavy atom. The van der Waals surface area contributed by atoms with Crippen LogP contribution in [0.4, 0.5) is 0 Å². The second kappa shape index (κ2) is 21.0. The van der Waals surface area contributed by atoms with Crippen molar-refractivity contribution in [3.63, 3.8) is 0 Å². The number of esters is 3. The fraction of sp³-hybridized carbons (Fsp3) is 0.867.